The lowest BCUT2D eigenvalue weighted by atomic mass is 10.0. The molecule has 2 aromatic rings. The lowest BCUT2D eigenvalue weighted by Crippen LogP contribution is -2.46. The fourth-order valence-electron chi connectivity index (χ4n) is 3.66. The molecule has 152 valence electrons. The van der Waals surface area contributed by atoms with Crippen molar-refractivity contribution in [2.75, 3.05) is 47.8 Å². The predicted octanol–water partition coefficient (Wildman–Crippen LogP) is 2.99. The molecule has 29 heavy (non-hydrogen) atoms. The van der Waals surface area contributed by atoms with Crippen molar-refractivity contribution in [2.24, 2.45) is 0 Å². The van der Waals surface area contributed by atoms with Gasteiger partial charge in [0.25, 0.3) is 0 Å². The van der Waals surface area contributed by atoms with Gasteiger partial charge in [0.05, 0.1) is 6.10 Å². The lowest BCUT2D eigenvalue weighted by Gasteiger charge is -2.36. The minimum Gasteiger partial charge on any atom is -0.387 e. The highest BCUT2D eigenvalue weighted by Gasteiger charge is 2.19. The Kier molecular flexibility index (Phi) is 6.05. The van der Waals surface area contributed by atoms with Crippen molar-refractivity contribution in [1.82, 2.24) is 9.97 Å². The van der Waals surface area contributed by atoms with E-state index < -0.39 is 6.10 Å². The third kappa shape index (κ3) is 4.92. The van der Waals surface area contributed by atoms with Gasteiger partial charge in [0, 0.05) is 44.5 Å². The first-order valence-corrected chi connectivity index (χ1v) is 10.0. The maximum Gasteiger partial charge on any atom is 0.134 e. The van der Waals surface area contributed by atoms with Crippen molar-refractivity contribution in [1.29, 1.82) is 0 Å². The molecule has 2 N–H and O–H groups in total. The van der Waals surface area contributed by atoms with E-state index in [0.29, 0.717) is 12.4 Å². The number of anilines is 3. The van der Waals surface area contributed by atoms with Crippen LogP contribution in [0, 0.1) is 5.82 Å². The average Bonchev–Trinajstić information content (AvgIpc) is 2.79. The topological polar surface area (TPSA) is 64.5 Å². The fourth-order valence-corrected chi connectivity index (χ4v) is 3.66. The summed E-state index contributed by atoms with van der Waals surface area (Å²) in [6, 6.07) is 8.56. The molecule has 1 aliphatic heterocycles. The Morgan fingerprint density at radius 2 is 1.79 bits per heavy atom. The minimum absolute atomic E-state index is 0.214. The Labute approximate surface area is 170 Å². The van der Waals surface area contributed by atoms with Crippen molar-refractivity contribution in [3.8, 4) is 0 Å². The molecule has 0 saturated carbocycles. The molecule has 2 heterocycles. The summed E-state index contributed by atoms with van der Waals surface area (Å²) in [5, 5.41) is 13.6. The molecule has 0 spiro atoms. The van der Waals surface area contributed by atoms with Gasteiger partial charge in [-0.25, -0.2) is 14.4 Å². The van der Waals surface area contributed by atoms with Crippen molar-refractivity contribution in [2.45, 2.75) is 18.9 Å². The highest BCUT2D eigenvalue weighted by atomic mass is 19.1. The molecular weight excluding hydrogens is 369 g/mol. The molecule has 4 rings (SSSR count). The van der Waals surface area contributed by atoms with E-state index in [2.05, 4.69) is 37.2 Å². The van der Waals surface area contributed by atoms with Crippen LogP contribution in [-0.2, 0) is 0 Å². The maximum atomic E-state index is 13.1. The zero-order valence-corrected chi connectivity index (χ0v) is 16.3. The third-order valence-electron chi connectivity index (χ3n) is 5.33. The van der Waals surface area contributed by atoms with Crippen LogP contribution in [0.5, 0.6) is 0 Å². The lowest BCUT2D eigenvalue weighted by molar-refractivity contribution is 0.227. The van der Waals surface area contributed by atoms with Gasteiger partial charge in [-0.1, -0.05) is 18.2 Å². The summed E-state index contributed by atoms with van der Waals surface area (Å²) in [7, 11) is 0. The number of piperazine rings is 1. The van der Waals surface area contributed by atoms with Gasteiger partial charge in [-0.3, -0.25) is 0 Å². The van der Waals surface area contributed by atoms with Gasteiger partial charge in [-0.15, -0.1) is 0 Å². The second-order valence-electron chi connectivity index (χ2n) is 7.29. The molecule has 1 atom stereocenters. The Morgan fingerprint density at radius 1 is 1.03 bits per heavy atom. The molecule has 1 saturated heterocycles. The van der Waals surface area contributed by atoms with Gasteiger partial charge in [0.2, 0.25) is 0 Å². The van der Waals surface area contributed by atoms with Gasteiger partial charge >= 0.3 is 0 Å². The number of nitrogens with zero attached hydrogens (tertiary/aromatic N) is 4. The van der Waals surface area contributed by atoms with Crippen LogP contribution in [0.3, 0.4) is 0 Å². The SMILES string of the molecule is OC(CNc1cc(N2CCN(c3ccc(F)cc3)CC2)ncn1)C1=CCCC=C1. The van der Waals surface area contributed by atoms with E-state index in [1.165, 1.54) is 12.1 Å². The first-order valence-electron chi connectivity index (χ1n) is 10.0. The summed E-state index contributed by atoms with van der Waals surface area (Å²) in [5.74, 6) is 1.36. The number of aliphatic hydroxyl groups is 1. The van der Waals surface area contributed by atoms with Crippen molar-refractivity contribution in [3.63, 3.8) is 0 Å². The molecule has 1 aromatic heterocycles. The number of halogens is 1. The zero-order valence-electron chi connectivity index (χ0n) is 16.3. The van der Waals surface area contributed by atoms with Crippen molar-refractivity contribution >= 4 is 17.3 Å². The molecule has 1 aromatic carbocycles. The number of nitrogens with one attached hydrogen (secondary N) is 1. The first kappa shape index (κ1) is 19.4. The monoisotopic (exact) mass is 395 g/mol. The van der Waals surface area contributed by atoms with Crippen molar-refractivity contribution in [3.05, 3.63) is 66.3 Å². The molecule has 0 radical (unpaired) electrons. The smallest absolute Gasteiger partial charge is 0.134 e. The van der Waals surface area contributed by atoms with Crippen LogP contribution in [0.1, 0.15) is 12.8 Å². The Bertz CT molecular complexity index is 875. The Morgan fingerprint density at radius 3 is 2.52 bits per heavy atom. The van der Waals surface area contributed by atoms with Crippen LogP contribution in [0.15, 0.2) is 60.5 Å². The molecule has 1 aliphatic carbocycles. The quantitative estimate of drug-likeness (QED) is 0.784. The normalized spacial score (nSPS) is 17.8. The van der Waals surface area contributed by atoms with Gasteiger partial charge in [-0.05, 0) is 42.7 Å². The maximum absolute atomic E-state index is 13.1. The molecule has 1 unspecified atom stereocenters. The van der Waals surface area contributed by atoms with Crippen LogP contribution in [0.4, 0.5) is 21.7 Å². The number of aromatic nitrogens is 2. The molecule has 1 fully saturated rings. The summed E-state index contributed by atoms with van der Waals surface area (Å²) >= 11 is 0. The second-order valence-corrected chi connectivity index (χ2v) is 7.29. The number of aliphatic hydroxyl groups excluding tert-OH is 1. The standard InChI is InChI=1S/C22H26FN5O/c23-18-6-8-19(9-7-18)27-10-12-28(13-11-27)22-14-21(25-16-26-22)24-15-20(29)17-4-2-1-3-5-17/h2,4-9,14,16,20,29H,1,3,10-13,15H2,(H,24,25,26). The van der Waals surface area contributed by atoms with Gasteiger partial charge in [-0.2, -0.15) is 0 Å². The molecule has 7 heteroatoms. The van der Waals surface area contributed by atoms with E-state index in [0.717, 1.165) is 56.1 Å². The fraction of sp³-hybridized carbons (Fsp3) is 0.364. The number of benzene rings is 1. The van der Waals surface area contributed by atoms with Crippen LogP contribution < -0.4 is 15.1 Å². The van der Waals surface area contributed by atoms with E-state index in [4.69, 9.17) is 0 Å². The van der Waals surface area contributed by atoms with Gasteiger partial charge in [0.1, 0.15) is 23.8 Å². The number of allylic oxidation sites excluding steroid dienone is 2. The summed E-state index contributed by atoms with van der Waals surface area (Å²) in [6.45, 7) is 3.75. The number of hydrogen-bond donors (Lipinski definition) is 2. The molecular formula is C22H26FN5O. The summed E-state index contributed by atoms with van der Waals surface area (Å²) in [5.41, 5.74) is 1.99. The Hall–Kier alpha value is -2.93. The summed E-state index contributed by atoms with van der Waals surface area (Å²) in [4.78, 5) is 13.2. The van der Waals surface area contributed by atoms with Gasteiger partial charge in [0.15, 0.2) is 0 Å². The van der Waals surface area contributed by atoms with E-state index >= 15 is 0 Å². The third-order valence-corrected chi connectivity index (χ3v) is 5.33. The highest BCUT2D eigenvalue weighted by Crippen LogP contribution is 2.21. The van der Waals surface area contributed by atoms with E-state index in [9.17, 15) is 9.50 Å². The largest absolute Gasteiger partial charge is 0.387 e. The molecule has 6 nitrogen and oxygen atoms in total. The highest BCUT2D eigenvalue weighted by molar-refractivity contribution is 5.52. The van der Waals surface area contributed by atoms with Crippen LogP contribution in [0.2, 0.25) is 0 Å². The first-order chi connectivity index (χ1) is 14.2. The van der Waals surface area contributed by atoms with Crippen molar-refractivity contribution < 1.29 is 9.50 Å². The van der Waals surface area contributed by atoms with E-state index in [1.54, 1.807) is 6.33 Å². The van der Waals surface area contributed by atoms with Gasteiger partial charge < -0.3 is 20.2 Å². The molecule has 0 bridgehead atoms. The molecule has 2 aliphatic rings. The summed E-state index contributed by atoms with van der Waals surface area (Å²) in [6.07, 6.45) is 9.17. The van der Waals surface area contributed by atoms with E-state index in [-0.39, 0.29) is 5.82 Å². The van der Waals surface area contributed by atoms with Crippen LogP contribution >= 0.6 is 0 Å². The van der Waals surface area contributed by atoms with Crippen LogP contribution in [-0.4, -0.2) is 53.9 Å². The van der Waals surface area contributed by atoms with Crippen LogP contribution in [0.25, 0.3) is 0 Å². The van der Waals surface area contributed by atoms with E-state index in [1.807, 2.05) is 24.3 Å². The predicted molar refractivity (Wildman–Crippen MR) is 114 cm³/mol. The molecule has 0 amide bonds. The number of hydrogen-bond acceptors (Lipinski definition) is 6. The summed E-state index contributed by atoms with van der Waals surface area (Å²) < 4.78 is 13.1. The second kappa shape index (κ2) is 9.05. The number of rotatable bonds is 6. The minimum atomic E-state index is -0.552. The Balaban J connectivity index is 1.32. The average molecular weight is 395 g/mol. The zero-order chi connectivity index (χ0) is 20.1.